The predicted molar refractivity (Wildman–Crippen MR) is 80.3 cm³/mol. The van der Waals surface area contributed by atoms with Gasteiger partial charge in [0.05, 0.1) is 0 Å². The maximum absolute atomic E-state index is 5.94. The Balaban J connectivity index is 1.69. The Hall–Kier alpha value is -2.33. The van der Waals surface area contributed by atoms with Crippen molar-refractivity contribution in [3.63, 3.8) is 0 Å². The Morgan fingerprint density at radius 2 is 1.95 bits per heavy atom. The lowest BCUT2D eigenvalue weighted by Gasteiger charge is -2.02. The first-order chi connectivity index (χ1) is 10.2. The Morgan fingerprint density at radius 1 is 1.14 bits per heavy atom. The molecule has 0 saturated heterocycles. The summed E-state index contributed by atoms with van der Waals surface area (Å²) in [5, 5.41) is 4.56. The van der Waals surface area contributed by atoms with Crippen molar-refractivity contribution in [3.05, 3.63) is 65.0 Å². The fourth-order valence-electron chi connectivity index (χ4n) is 1.84. The van der Waals surface area contributed by atoms with Crippen molar-refractivity contribution in [2.24, 2.45) is 0 Å². The Kier molecular flexibility index (Phi) is 3.88. The number of rotatable bonds is 4. The molecule has 3 rings (SSSR count). The molecular formula is C16H13ClN2O2. The SMILES string of the molecule is Cc1ccc(OCc2nc(-c3cccc(Cl)c3)no2)cc1. The Morgan fingerprint density at radius 3 is 2.71 bits per heavy atom. The van der Waals surface area contributed by atoms with E-state index >= 15 is 0 Å². The van der Waals surface area contributed by atoms with Gasteiger partial charge in [-0.1, -0.05) is 46.6 Å². The summed E-state index contributed by atoms with van der Waals surface area (Å²) >= 11 is 5.94. The van der Waals surface area contributed by atoms with Crippen LogP contribution in [0.5, 0.6) is 5.75 Å². The van der Waals surface area contributed by atoms with Gasteiger partial charge in [0.1, 0.15) is 5.75 Å². The molecule has 0 aliphatic carbocycles. The van der Waals surface area contributed by atoms with Crippen LogP contribution in [0.15, 0.2) is 53.1 Å². The second-order valence-electron chi connectivity index (χ2n) is 4.62. The quantitative estimate of drug-likeness (QED) is 0.721. The molecule has 0 atom stereocenters. The third-order valence-electron chi connectivity index (χ3n) is 2.93. The molecule has 3 aromatic rings. The zero-order valence-corrected chi connectivity index (χ0v) is 12.2. The van der Waals surface area contributed by atoms with Crippen LogP contribution < -0.4 is 4.74 Å². The predicted octanol–water partition coefficient (Wildman–Crippen LogP) is 4.28. The highest BCUT2D eigenvalue weighted by molar-refractivity contribution is 6.30. The van der Waals surface area contributed by atoms with E-state index in [0.29, 0.717) is 16.7 Å². The van der Waals surface area contributed by atoms with Crippen LogP contribution in [0.4, 0.5) is 0 Å². The first-order valence-corrected chi connectivity index (χ1v) is 6.86. The summed E-state index contributed by atoms with van der Waals surface area (Å²) in [6, 6.07) is 15.1. The van der Waals surface area contributed by atoms with E-state index in [1.807, 2.05) is 43.3 Å². The highest BCUT2D eigenvalue weighted by Gasteiger charge is 2.09. The topological polar surface area (TPSA) is 48.2 Å². The van der Waals surface area contributed by atoms with Crippen LogP contribution in [0, 0.1) is 6.92 Å². The first kappa shape index (κ1) is 13.6. The largest absolute Gasteiger partial charge is 0.484 e. The maximum atomic E-state index is 5.94. The van der Waals surface area contributed by atoms with E-state index in [1.54, 1.807) is 12.1 Å². The van der Waals surface area contributed by atoms with E-state index in [0.717, 1.165) is 11.3 Å². The van der Waals surface area contributed by atoms with Gasteiger partial charge in [-0.05, 0) is 31.2 Å². The summed E-state index contributed by atoms with van der Waals surface area (Å²) in [7, 11) is 0. The molecule has 0 spiro atoms. The molecule has 0 bridgehead atoms. The van der Waals surface area contributed by atoms with Crippen LogP contribution in [0.2, 0.25) is 5.02 Å². The molecule has 0 saturated carbocycles. The summed E-state index contributed by atoms with van der Waals surface area (Å²) in [5.74, 6) is 1.69. The number of hydrogen-bond donors (Lipinski definition) is 0. The van der Waals surface area contributed by atoms with Gasteiger partial charge in [0.2, 0.25) is 5.82 Å². The monoisotopic (exact) mass is 300 g/mol. The summed E-state index contributed by atoms with van der Waals surface area (Å²) in [4.78, 5) is 4.29. The van der Waals surface area contributed by atoms with Gasteiger partial charge in [-0.15, -0.1) is 0 Å². The summed E-state index contributed by atoms with van der Waals surface area (Å²) in [6.45, 7) is 2.26. The average molecular weight is 301 g/mol. The molecule has 106 valence electrons. The number of ether oxygens (including phenoxy) is 1. The molecule has 0 N–H and O–H groups in total. The van der Waals surface area contributed by atoms with Crippen molar-refractivity contribution >= 4 is 11.6 Å². The van der Waals surface area contributed by atoms with E-state index in [-0.39, 0.29) is 6.61 Å². The average Bonchev–Trinajstić information content (AvgIpc) is 2.96. The van der Waals surface area contributed by atoms with Crippen molar-refractivity contribution in [2.45, 2.75) is 13.5 Å². The summed E-state index contributed by atoms with van der Waals surface area (Å²) < 4.78 is 10.8. The van der Waals surface area contributed by atoms with Gasteiger partial charge in [-0.3, -0.25) is 0 Å². The standard InChI is InChI=1S/C16H13ClN2O2/c1-11-5-7-14(8-6-11)20-10-15-18-16(19-21-15)12-3-2-4-13(17)9-12/h2-9H,10H2,1H3. The molecule has 0 fully saturated rings. The Labute approximate surface area is 127 Å². The minimum absolute atomic E-state index is 0.233. The smallest absolute Gasteiger partial charge is 0.264 e. The first-order valence-electron chi connectivity index (χ1n) is 6.49. The number of halogens is 1. The molecule has 0 amide bonds. The van der Waals surface area contributed by atoms with Gasteiger partial charge < -0.3 is 9.26 Å². The number of aryl methyl sites for hydroxylation is 1. The normalized spacial score (nSPS) is 10.6. The van der Waals surface area contributed by atoms with Crippen LogP contribution >= 0.6 is 11.6 Å². The highest BCUT2D eigenvalue weighted by Crippen LogP contribution is 2.20. The lowest BCUT2D eigenvalue weighted by molar-refractivity contribution is 0.243. The maximum Gasteiger partial charge on any atom is 0.264 e. The molecular weight excluding hydrogens is 288 g/mol. The van der Waals surface area contributed by atoms with Gasteiger partial charge in [0.25, 0.3) is 5.89 Å². The second-order valence-corrected chi connectivity index (χ2v) is 5.06. The van der Waals surface area contributed by atoms with E-state index in [4.69, 9.17) is 20.9 Å². The van der Waals surface area contributed by atoms with Crippen molar-refractivity contribution in [1.29, 1.82) is 0 Å². The number of hydrogen-bond acceptors (Lipinski definition) is 4. The zero-order chi connectivity index (χ0) is 14.7. The van der Waals surface area contributed by atoms with Crippen LogP contribution in [0.3, 0.4) is 0 Å². The van der Waals surface area contributed by atoms with E-state index in [9.17, 15) is 0 Å². The second kappa shape index (κ2) is 5.97. The van der Waals surface area contributed by atoms with Gasteiger partial charge in [-0.2, -0.15) is 4.98 Å². The number of aromatic nitrogens is 2. The van der Waals surface area contributed by atoms with Gasteiger partial charge in [0.15, 0.2) is 6.61 Å². The van der Waals surface area contributed by atoms with E-state index in [2.05, 4.69) is 10.1 Å². The van der Waals surface area contributed by atoms with E-state index < -0.39 is 0 Å². The van der Waals surface area contributed by atoms with Crippen LogP contribution in [-0.4, -0.2) is 10.1 Å². The molecule has 0 unspecified atom stereocenters. The fraction of sp³-hybridized carbons (Fsp3) is 0.125. The number of benzene rings is 2. The third kappa shape index (κ3) is 3.41. The van der Waals surface area contributed by atoms with Gasteiger partial charge >= 0.3 is 0 Å². The zero-order valence-electron chi connectivity index (χ0n) is 11.4. The molecule has 4 nitrogen and oxygen atoms in total. The molecule has 1 aromatic heterocycles. The molecule has 5 heteroatoms. The fourth-order valence-corrected chi connectivity index (χ4v) is 2.03. The summed E-state index contributed by atoms with van der Waals surface area (Å²) in [5.41, 5.74) is 2.00. The lowest BCUT2D eigenvalue weighted by Crippen LogP contribution is -1.95. The molecule has 0 radical (unpaired) electrons. The van der Waals surface area contributed by atoms with Gasteiger partial charge in [-0.25, -0.2) is 0 Å². The van der Waals surface area contributed by atoms with Crippen LogP contribution in [0.25, 0.3) is 11.4 Å². The van der Waals surface area contributed by atoms with Gasteiger partial charge in [0, 0.05) is 10.6 Å². The minimum atomic E-state index is 0.233. The van der Waals surface area contributed by atoms with Crippen LogP contribution in [-0.2, 0) is 6.61 Å². The highest BCUT2D eigenvalue weighted by atomic mass is 35.5. The van der Waals surface area contributed by atoms with Crippen molar-refractivity contribution < 1.29 is 9.26 Å². The molecule has 21 heavy (non-hydrogen) atoms. The minimum Gasteiger partial charge on any atom is -0.484 e. The van der Waals surface area contributed by atoms with Crippen LogP contribution in [0.1, 0.15) is 11.5 Å². The summed E-state index contributed by atoms with van der Waals surface area (Å²) in [6.07, 6.45) is 0. The van der Waals surface area contributed by atoms with Crippen molar-refractivity contribution in [2.75, 3.05) is 0 Å². The lowest BCUT2D eigenvalue weighted by atomic mass is 10.2. The Bertz CT molecular complexity index is 738. The third-order valence-corrected chi connectivity index (χ3v) is 3.17. The number of nitrogens with zero attached hydrogens (tertiary/aromatic N) is 2. The van der Waals surface area contributed by atoms with Crippen molar-refractivity contribution in [3.8, 4) is 17.1 Å². The molecule has 0 aliphatic rings. The molecule has 2 aromatic carbocycles. The molecule has 1 heterocycles. The van der Waals surface area contributed by atoms with Crippen molar-refractivity contribution in [1.82, 2.24) is 10.1 Å². The molecule has 0 aliphatic heterocycles. The van der Waals surface area contributed by atoms with E-state index in [1.165, 1.54) is 5.56 Å².